The second kappa shape index (κ2) is 12.2. The van der Waals surface area contributed by atoms with Crippen LogP contribution in [0.4, 0.5) is 17.1 Å². The number of nitrogens with zero attached hydrogens (tertiary/aromatic N) is 1. The lowest BCUT2D eigenvalue weighted by Gasteiger charge is -2.37. The van der Waals surface area contributed by atoms with E-state index in [-0.39, 0.29) is 6.10 Å². The molecule has 6 aromatic rings. The predicted octanol–water partition coefficient (Wildman–Crippen LogP) is 12.6. The maximum absolute atomic E-state index is 7.05. The molecule has 3 atom stereocenters. The van der Waals surface area contributed by atoms with Crippen molar-refractivity contribution in [1.29, 1.82) is 0 Å². The zero-order chi connectivity index (χ0) is 33.8. The molecule has 10 rings (SSSR count). The summed E-state index contributed by atoms with van der Waals surface area (Å²) in [6.45, 7) is 0. The Balaban J connectivity index is 1.21. The normalized spacial score (nSPS) is 20.8. The van der Waals surface area contributed by atoms with Crippen LogP contribution in [0.5, 0.6) is 5.75 Å². The summed E-state index contributed by atoms with van der Waals surface area (Å²) in [5.41, 5.74) is 14.7. The van der Waals surface area contributed by atoms with Crippen molar-refractivity contribution in [2.75, 3.05) is 4.90 Å². The van der Waals surface area contributed by atoms with Crippen molar-refractivity contribution in [3.05, 3.63) is 204 Å². The first kappa shape index (κ1) is 30.0. The lowest BCUT2D eigenvalue weighted by Crippen LogP contribution is -2.30. The van der Waals surface area contributed by atoms with Crippen LogP contribution in [-0.2, 0) is 5.41 Å². The van der Waals surface area contributed by atoms with Crippen molar-refractivity contribution < 1.29 is 4.74 Å². The van der Waals surface area contributed by atoms with Gasteiger partial charge in [0.25, 0.3) is 0 Å². The van der Waals surface area contributed by atoms with E-state index in [1.54, 1.807) is 0 Å². The number of para-hydroxylation sites is 1. The topological polar surface area (TPSA) is 12.5 Å². The molecule has 1 aliphatic heterocycles. The van der Waals surface area contributed by atoms with Crippen LogP contribution in [-0.4, -0.2) is 6.10 Å². The maximum Gasteiger partial charge on any atom is 0.131 e. The molecule has 0 radical (unpaired) electrons. The van der Waals surface area contributed by atoms with E-state index in [9.17, 15) is 0 Å². The van der Waals surface area contributed by atoms with Crippen LogP contribution in [0.15, 0.2) is 182 Å². The minimum Gasteiger partial charge on any atom is -0.488 e. The average Bonchev–Trinajstić information content (AvgIpc) is 3.73. The highest BCUT2D eigenvalue weighted by Gasteiger charge is 2.50. The van der Waals surface area contributed by atoms with Gasteiger partial charge in [0.15, 0.2) is 0 Å². The van der Waals surface area contributed by atoms with Crippen LogP contribution in [0.3, 0.4) is 0 Å². The van der Waals surface area contributed by atoms with Crippen LogP contribution in [0.1, 0.15) is 53.9 Å². The van der Waals surface area contributed by atoms with E-state index < -0.39 is 5.41 Å². The first-order valence-corrected chi connectivity index (χ1v) is 18.4. The van der Waals surface area contributed by atoms with Crippen molar-refractivity contribution in [2.45, 2.75) is 43.1 Å². The third-order valence-corrected chi connectivity index (χ3v) is 11.5. The van der Waals surface area contributed by atoms with Gasteiger partial charge >= 0.3 is 0 Å². The maximum atomic E-state index is 7.05. The third-order valence-electron chi connectivity index (χ3n) is 11.5. The fourth-order valence-corrected chi connectivity index (χ4v) is 9.22. The van der Waals surface area contributed by atoms with Gasteiger partial charge in [0.2, 0.25) is 0 Å². The number of benzene rings is 6. The molecule has 246 valence electrons. The summed E-state index contributed by atoms with van der Waals surface area (Å²) in [4.78, 5) is 2.40. The van der Waals surface area contributed by atoms with Crippen LogP contribution >= 0.6 is 0 Å². The summed E-state index contributed by atoms with van der Waals surface area (Å²) in [5, 5.41) is 0. The summed E-state index contributed by atoms with van der Waals surface area (Å²) < 4.78 is 7.05. The van der Waals surface area contributed by atoms with E-state index in [1.165, 1.54) is 50.1 Å². The Morgan fingerprint density at radius 2 is 1.29 bits per heavy atom. The monoisotopic (exact) mass is 657 g/mol. The van der Waals surface area contributed by atoms with E-state index in [0.717, 1.165) is 48.5 Å². The number of anilines is 3. The highest BCUT2D eigenvalue weighted by Crippen LogP contribution is 2.63. The molecule has 0 N–H and O–H groups in total. The van der Waals surface area contributed by atoms with Gasteiger partial charge in [0.05, 0.1) is 5.41 Å². The zero-order valence-corrected chi connectivity index (χ0v) is 28.6. The van der Waals surface area contributed by atoms with Crippen LogP contribution in [0, 0.1) is 0 Å². The van der Waals surface area contributed by atoms with Crippen molar-refractivity contribution >= 4 is 17.1 Å². The van der Waals surface area contributed by atoms with Crippen LogP contribution in [0.2, 0.25) is 0 Å². The molecular weight excluding hydrogens is 619 g/mol. The molecule has 0 saturated heterocycles. The standard InChI is InChI=1S/C49H39NO/c1-5-15-34(16-6-1)35-25-27-39(28-26-35)50(38-21-11-4-12-22-38)40-29-31-44-43(33-40)47-45(32-30-42-41-23-13-14-24-46(41)51-48(42)47)49(44,36-17-7-2-8-18-36)37-19-9-3-10-20-37/h1-9,11-13,15-19,21-23,25-33,41,46H,10,14,20,24H2/t41?,46-,49?/m1/s1. The van der Waals surface area contributed by atoms with Gasteiger partial charge in [0, 0.05) is 34.1 Å². The van der Waals surface area contributed by atoms with Gasteiger partial charge in [-0.25, -0.2) is 0 Å². The molecule has 4 aliphatic rings. The molecule has 2 nitrogen and oxygen atoms in total. The Bertz CT molecular complexity index is 2340. The van der Waals surface area contributed by atoms with Gasteiger partial charge in [-0.05, 0) is 95.5 Å². The first-order chi connectivity index (χ1) is 25.3. The van der Waals surface area contributed by atoms with Gasteiger partial charge < -0.3 is 9.64 Å². The number of hydrogen-bond acceptors (Lipinski definition) is 2. The highest BCUT2D eigenvalue weighted by atomic mass is 16.5. The van der Waals surface area contributed by atoms with E-state index in [2.05, 4.69) is 181 Å². The van der Waals surface area contributed by atoms with Crippen LogP contribution < -0.4 is 9.64 Å². The Morgan fingerprint density at radius 3 is 2.06 bits per heavy atom. The number of hydrogen-bond donors (Lipinski definition) is 0. The average molecular weight is 658 g/mol. The molecule has 2 unspecified atom stereocenters. The molecule has 51 heavy (non-hydrogen) atoms. The van der Waals surface area contributed by atoms with Crippen molar-refractivity contribution in [3.8, 4) is 28.0 Å². The molecule has 0 spiro atoms. The molecular formula is C49H39NO. The largest absolute Gasteiger partial charge is 0.488 e. The minimum absolute atomic E-state index is 0.190. The Hall–Kier alpha value is -5.86. The fraction of sp³-hybridized carbons (Fsp3) is 0.143. The van der Waals surface area contributed by atoms with Gasteiger partial charge in [-0.3, -0.25) is 0 Å². The quantitative estimate of drug-likeness (QED) is 0.165. The number of fused-ring (bicyclic) bond motifs is 7. The summed E-state index contributed by atoms with van der Waals surface area (Å²) in [5.74, 6) is 1.38. The smallest absolute Gasteiger partial charge is 0.131 e. The zero-order valence-electron chi connectivity index (χ0n) is 28.6. The lowest BCUT2D eigenvalue weighted by atomic mass is 9.65. The first-order valence-electron chi connectivity index (χ1n) is 18.4. The highest BCUT2D eigenvalue weighted by molar-refractivity contribution is 5.94. The second-order valence-electron chi connectivity index (χ2n) is 14.2. The molecule has 3 aliphatic carbocycles. The summed E-state index contributed by atoms with van der Waals surface area (Å²) >= 11 is 0. The van der Waals surface area contributed by atoms with E-state index in [0.29, 0.717) is 5.92 Å². The summed E-state index contributed by atoms with van der Waals surface area (Å²) in [6.07, 6.45) is 16.0. The van der Waals surface area contributed by atoms with E-state index in [1.807, 2.05) is 0 Å². The minimum atomic E-state index is -0.411. The van der Waals surface area contributed by atoms with Crippen molar-refractivity contribution in [2.24, 2.45) is 0 Å². The van der Waals surface area contributed by atoms with Crippen molar-refractivity contribution in [3.63, 3.8) is 0 Å². The Labute approximate surface area is 300 Å². The van der Waals surface area contributed by atoms with Crippen molar-refractivity contribution in [1.82, 2.24) is 0 Å². The van der Waals surface area contributed by atoms with Crippen LogP contribution in [0.25, 0.3) is 22.3 Å². The summed E-state index contributed by atoms with van der Waals surface area (Å²) in [6, 6.07) is 53.5. The second-order valence-corrected chi connectivity index (χ2v) is 14.2. The molecule has 0 fully saturated rings. The van der Waals surface area contributed by atoms with E-state index >= 15 is 0 Å². The Morgan fingerprint density at radius 1 is 0.608 bits per heavy atom. The SMILES string of the molecule is C1=CCCC(C2(c3ccccc3)c3ccc(N(c4ccccc4)c4ccc(-c5ccccc5)cc4)cc3-c3c2ccc2c3O[C@@H]3CCC=CC23)=C1. The van der Waals surface area contributed by atoms with E-state index in [4.69, 9.17) is 4.74 Å². The molecule has 0 bridgehead atoms. The van der Waals surface area contributed by atoms with Gasteiger partial charge in [-0.2, -0.15) is 0 Å². The number of rotatable bonds is 6. The molecule has 0 amide bonds. The Kier molecular flexibility index (Phi) is 7.16. The van der Waals surface area contributed by atoms with Gasteiger partial charge in [-0.15, -0.1) is 0 Å². The lowest BCUT2D eigenvalue weighted by molar-refractivity contribution is 0.205. The molecule has 0 saturated carbocycles. The summed E-state index contributed by atoms with van der Waals surface area (Å²) in [7, 11) is 0. The molecule has 2 heteroatoms. The predicted molar refractivity (Wildman–Crippen MR) is 210 cm³/mol. The fourth-order valence-electron chi connectivity index (χ4n) is 9.22. The van der Waals surface area contributed by atoms with Gasteiger partial charge in [0.1, 0.15) is 11.9 Å². The number of allylic oxidation sites excluding steroid dienone is 5. The third kappa shape index (κ3) is 4.70. The molecule has 1 heterocycles. The number of ether oxygens (including phenoxy) is 1. The molecule has 0 aromatic heterocycles. The van der Waals surface area contributed by atoms with Gasteiger partial charge in [-0.1, -0.05) is 145 Å². The molecule has 6 aromatic carbocycles.